The van der Waals surface area contributed by atoms with Gasteiger partial charge in [-0.25, -0.2) is 4.20 Å². The van der Waals surface area contributed by atoms with Gasteiger partial charge >= 0.3 is 11.9 Å². The summed E-state index contributed by atoms with van der Waals surface area (Å²) in [6, 6.07) is 0.122. The Morgan fingerprint density at radius 1 is 1.03 bits per heavy atom. The van der Waals surface area contributed by atoms with Crippen LogP contribution in [0.25, 0.3) is 0 Å². The molecule has 0 aromatic carbocycles. The summed E-state index contributed by atoms with van der Waals surface area (Å²) in [5.41, 5.74) is 0. The Balaban J connectivity index is 3.82. The van der Waals surface area contributed by atoms with Crippen molar-refractivity contribution in [1.82, 2.24) is 10.6 Å². The highest BCUT2D eigenvalue weighted by molar-refractivity contribution is 8.54. The van der Waals surface area contributed by atoms with Gasteiger partial charge in [0.25, 0.3) is 0 Å². The van der Waals surface area contributed by atoms with Crippen LogP contribution >= 0.6 is 42.3 Å². The normalized spacial score (nSPS) is 14.3. The van der Waals surface area contributed by atoms with E-state index in [0.29, 0.717) is 18.1 Å². The van der Waals surface area contributed by atoms with Crippen LogP contribution in [0.5, 0.6) is 0 Å². The van der Waals surface area contributed by atoms with Crippen molar-refractivity contribution < 1.29 is 28.8 Å². The molecule has 0 saturated heterocycles. The fourth-order valence-corrected chi connectivity index (χ4v) is 5.59. The van der Waals surface area contributed by atoms with E-state index in [1.165, 1.54) is 37.0 Å². The molecule has 0 radical (unpaired) electrons. The molecule has 12 heteroatoms. The predicted octanol–water partition coefficient (Wildman–Crippen LogP) is 3.29. The highest BCUT2D eigenvalue weighted by atomic mass is 32.7. The molecule has 4 N–H and O–H groups in total. The van der Waals surface area contributed by atoms with Gasteiger partial charge in [-0.15, -0.1) is 23.5 Å². The number of thioether (sulfide) groups is 2. The first kappa shape index (κ1) is 28.8. The zero-order chi connectivity index (χ0) is 22.7. The van der Waals surface area contributed by atoms with E-state index < -0.39 is 28.9 Å². The van der Waals surface area contributed by atoms with E-state index in [0.717, 1.165) is 11.8 Å². The summed E-state index contributed by atoms with van der Waals surface area (Å²) in [5, 5.41) is 24.0. The fourth-order valence-electron chi connectivity index (χ4n) is 1.61. The first-order valence-corrected chi connectivity index (χ1v) is 14.1. The lowest BCUT2D eigenvalue weighted by atomic mass is 10.2. The number of halogens is 1. The minimum Gasteiger partial charge on any atom is -0.480 e. The molecule has 0 aliphatic rings. The lowest BCUT2D eigenvalue weighted by molar-refractivity contribution is -0.139. The molecule has 7 nitrogen and oxygen atoms in total. The van der Waals surface area contributed by atoms with Crippen LogP contribution in [0.15, 0.2) is 0 Å². The fraction of sp³-hybridized carbons (Fsp3) is 0.824. The number of amides is 1. The van der Waals surface area contributed by atoms with Crippen molar-refractivity contribution in [3.63, 3.8) is 0 Å². The van der Waals surface area contributed by atoms with Crippen LogP contribution < -0.4 is 10.6 Å². The van der Waals surface area contributed by atoms with Gasteiger partial charge in [-0.2, -0.15) is 0 Å². The Bertz CT molecular complexity index is 555. The molecule has 0 bridgehead atoms. The van der Waals surface area contributed by atoms with Crippen molar-refractivity contribution in [2.75, 3.05) is 36.5 Å². The standard InChI is InChI=1S/C17H32FN2O5PS3/c1-12(10-27-16(2,3)14(22)23)19-7-9-29-26(18)8-6-20-13(21)11-28-17(4,5)15(24)25/h12,19H,6-11H2,1-5H3,(H,20,21)(H,22,23)(H,24,25). The van der Waals surface area contributed by atoms with E-state index in [-0.39, 0.29) is 30.4 Å². The third kappa shape index (κ3) is 13.6. The molecule has 29 heavy (non-hydrogen) atoms. The third-order valence-electron chi connectivity index (χ3n) is 3.72. The number of nitrogens with one attached hydrogen (secondary N) is 2. The summed E-state index contributed by atoms with van der Waals surface area (Å²) in [5.74, 6) is -0.853. The number of rotatable bonds is 16. The maximum absolute atomic E-state index is 13.9. The summed E-state index contributed by atoms with van der Waals surface area (Å²) in [6.45, 7) is 9.22. The van der Waals surface area contributed by atoms with Crippen molar-refractivity contribution in [2.45, 2.75) is 50.2 Å². The highest BCUT2D eigenvalue weighted by Gasteiger charge is 2.29. The Morgan fingerprint density at radius 3 is 2.14 bits per heavy atom. The summed E-state index contributed by atoms with van der Waals surface area (Å²) in [4.78, 5) is 33.8. The molecule has 2 atom stereocenters. The Labute approximate surface area is 186 Å². The van der Waals surface area contributed by atoms with E-state index >= 15 is 0 Å². The van der Waals surface area contributed by atoms with Crippen LogP contribution in [0.3, 0.4) is 0 Å². The SMILES string of the molecule is CC(CSC(C)(C)C(=O)O)NCCSP(F)CCNC(=O)CSC(C)(C)C(=O)O. The van der Waals surface area contributed by atoms with Gasteiger partial charge in [-0.3, -0.25) is 14.4 Å². The summed E-state index contributed by atoms with van der Waals surface area (Å²) >= 11 is 3.62. The van der Waals surface area contributed by atoms with Crippen LogP contribution in [-0.2, 0) is 14.4 Å². The largest absolute Gasteiger partial charge is 0.480 e. The molecule has 2 unspecified atom stereocenters. The minimum atomic E-state index is -1.74. The lowest BCUT2D eigenvalue weighted by Crippen LogP contribution is -2.34. The van der Waals surface area contributed by atoms with Gasteiger partial charge in [0.2, 0.25) is 5.91 Å². The monoisotopic (exact) mass is 490 g/mol. The van der Waals surface area contributed by atoms with Gasteiger partial charge in [-0.1, -0.05) is 11.4 Å². The minimum absolute atomic E-state index is 0.0230. The Hall–Kier alpha value is -0.220. The highest BCUT2D eigenvalue weighted by Crippen LogP contribution is 2.50. The van der Waals surface area contributed by atoms with Gasteiger partial charge in [0.1, 0.15) is 16.9 Å². The zero-order valence-electron chi connectivity index (χ0n) is 17.5. The lowest BCUT2D eigenvalue weighted by Gasteiger charge is -2.21. The number of hydrogen-bond donors (Lipinski definition) is 4. The van der Waals surface area contributed by atoms with E-state index in [9.17, 15) is 18.6 Å². The van der Waals surface area contributed by atoms with Crippen LogP contribution in [-0.4, -0.2) is 80.1 Å². The second-order valence-electron chi connectivity index (χ2n) is 7.31. The summed E-state index contributed by atoms with van der Waals surface area (Å²) < 4.78 is 12.1. The van der Waals surface area contributed by atoms with Crippen LogP contribution in [0.1, 0.15) is 34.6 Å². The predicted molar refractivity (Wildman–Crippen MR) is 124 cm³/mol. The molecular weight excluding hydrogens is 458 g/mol. The number of carboxylic acids is 2. The maximum Gasteiger partial charge on any atom is 0.319 e. The molecule has 170 valence electrons. The van der Waals surface area contributed by atoms with E-state index in [1.807, 2.05) is 6.92 Å². The number of carbonyl (C=O) groups excluding carboxylic acids is 1. The average molecular weight is 491 g/mol. The van der Waals surface area contributed by atoms with Gasteiger partial charge in [0, 0.05) is 36.8 Å². The van der Waals surface area contributed by atoms with Crippen molar-refractivity contribution in [2.24, 2.45) is 0 Å². The molecule has 0 aliphatic carbocycles. The van der Waals surface area contributed by atoms with Crippen LogP contribution in [0.4, 0.5) is 4.20 Å². The van der Waals surface area contributed by atoms with Crippen LogP contribution in [0, 0.1) is 0 Å². The molecule has 0 aromatic rings. The number of carboxylic acid groups (broad SMARTS) is 2. The first-order valence-electron chi connectivity index (χ1n) is 9.09. The Morgan fingerprint density at radius 2 is 1.59 bits per heavy atom. The van der Waals surface area contributed by atoms with Gasteiger partial charge in [-0.05, 0) is 34.6 Å². The van der Waals surface area contributed by atoms with Gasteiger partial charge in [0.05, 0.1) is 5.75 Å². The molecule has 0 fully saturated rings. The zero-order valence-corrected chi connectivity index (χ0v) is 20.8. The molecule has 0 aromatic heterocycles. The van der Waals surface area contributed by atoms with Crippen molar-refractivity contribution in [3.05, 3.63) is 0 Å². The second kappa shape index (κ2) is 14.0. The molecule has 0 saturated carbocycles. The second-order valence-corrected chi connectivity index (χ2v) is 14.3. The number of aliphatic carboxylic acids is 2. The number of carbonyl (C=O) groups is 3. The maximum atomic E-state index is 13.9. The summed E-state index contributed by atoms with van der Waals surface area (Å²) in [6.07, 6.45) is 0.247. The molecule has 0 heterocycles. The van der Waals surface area contributed by atoms with Crippen molar-refractivity contribution in [3.8, 4) is 0 Å². The molecule has 0 aliphatic heterocycles. The molecule has 0 spiro atoms. The van der Waals surface area contributed by atoms with E-state index in [2.05, 4.69) is 10.6 Å². The average Bonchev–Trinajstić information content (AvgIpc) is 2.61. The Kier molecular flexibility index (Phi) is 13.9. The van der Waals surface area contributed by atoms with E-state index in [4.69, 9.17) is 10.2 Å². The smallest absolute Gasteiger partial charge is 0.319 e. The van der Waals surface area contributed by atoms with E-state index in [1.54, 1.807) is 13.8 Å². The molecule has 1 amide bonds. The van der Waals surface area contributed by atoms with Crippen LogP contribution in [0.2, 0.25) is 0 Å². The number of hydrogen-bond acceptors (Lipinski definition) is 7. The third-order valence-corrected chi connectivity index (χ3v) is 9.77. The van der Waals surface area contributed by atoms with Crippen molar-refractivity contribution >= 4 is 60.2 Å². The molecular formula is C17H32FN2O5PS3. The topological polar surface area (TPSA) is 116 Å². The summed E-state index contributed by atoms with van der Waals surface area (Å²) in [7, 11) is -1.74. The van der Waals surface area contributed by atoms with Gasteiger partial charge < -0.3 is 20.8 Å². The quantitative estimate of drug-likeness (QED) is 0.191. The van der Waals surface area contributed by atoms with Crippen molar-refractivity contribution in [1.29, 1.82) is 0 Å². The molecule has 0 rings (SSSR count). The first-order chi connectivity index (χ1) is 13.3. The van der Waals surface area contributed by atoms with Gasteiger partial charge in [0.15, 0.2) is 0 Å².